The van der Waals surface area contributed by atoms with Crippen molar-refractivity contribution in [2.45, 2.75) is 6.92 Å². The van der Waals surface area contributed by atoms with Gasteiger partial charge in [-0.1, -0.05) is 54.1 Å². The van der Waals surface area contributed by atoms with Gasteiger partial charge in [-0.2, -0.15) is 0 Å². The van der Waals surface area contributed by atoms with Crippen LogP contribution < -0.4 is 14.8 Å². The molecular formula is C26H20ClNO5. The predicted octanol–water partition coefficient (Wildman–Crippen LogP) is 5.22. The van der Waals surface area contributed by atoms with Crippen molar-refractivity contribution >= 4 is 40.8 Å². The second-order valence-corrected chi connectivity index (χ2v) is 7.62. The minimum absolute atomic E-state index is 0.103. The van der Waals surface area contributed by atoms with Crippen molar-refractivity contribution in [2.75, 3.05) is 18.5 Å². The van der Waals surface area contributed by atoms with Gasteiger partial charge >= 0.3 is 0 Å². The van der Waals surface area contributed by atoms with Crippen molar-refractivity contribution in [3.8, 4) is 11.5 Å². The summed E-state index contributed by atoms with van der Waals surface area (Å²) in [5.74, 6) is -0.222. The van der Waals surface area contributed by atoms with E-state index in [4.69, 9.17) is 21.1 Å². The SMILES string of the molecule is CCOc1cc(C=C2C(=O)c3ccccc3C2=O)ccc1OCC(=O)Nc1ccccc1Cl. The zero-order chi connectivity index (χ0) is 23.4. The zero-order valence-corrected chi connectivity index (χ0v) is 18.5. The summed E-state index contributed by atoms with van der Waals surface area (Å²) in [5, 5.41) is 3.12. The van der Waals surface area contributed by atoms with Crippen LogP contribution in [0.5, 0.6) is 11.5 Å². The lowest BCUT2D eigenvalue weighted by Gasteiger charge is -2.13. The largest absolute Gasteiger partial charge is 0.490 e. The molecule has 0 saturated carbocycles. The van der Waals surface area contributed by atoms with Gasteiger partial charge in [0, 0.05) is 11.1 Å². The van der Waals surface area contributed by atoms with Gasteiger partial charge in [0.15, 0.2) is 29.7 Å². The van der Waals surface area contributed by atoms with E-state index in [0.717, 1.165) is 0 Å². The normalized spacial score (nSPS) is 12.4. The van der Waals surface area contributed by atoms with Crippen molar-refractivity contribution in [3.63, 3.8) is 0 Å². The molecule has 166 valence electrons. The molecule has 33 heavy (non-hydrogen) atoms. The van der Waals surface area contributed by atoms with E-state index in [1.54, 1.807) is 72.8 Å². The van der Waals surface area contributed by atoms with Crippen molar-refractivity contribution in [2.24, 2.45) is 0 Å². The summed E-state index contributed by atoms with van der Waals surface area (Å²) in [6.45, 7) is 1.93. The summed E-state index contributed by atoms with van der Waals surface area (Å²) in [6.07, 6.45) is 1.54. The van der Waals surface area contributed by atoms with Gasteiger partial charge in [0.2, 0.25) is 0 Å². The number of nitrogens with one attached hydrogen (secondary N) is 1. The second-order valence-electron chi connectivity index (χ2n) is 7.22. The van der Waals surface area contributed by atoms with Crippen LogP contribution in [0.15, 0.2) is 72.3 Å². The highest BCUT2D eigenvalue weighted by Crippen LogP contribution is 2.32. The van der Waals surface area contributed by atoms with Crippen molar-refractivity contribution in [1.82, 2.24) is 0 Å². The number of hydrogen-bond donors (Lipinski definition) is 1. The Morgan fingerprint density at radius 1 is 0.909 bits per heavy atom. The number of amides is 1. The Morgan fingerprint density at radius 3 is 2.24 bits per heavy atom. The first kappa shape index (κ1) is 22.3. The molecule has 0 unspecified atom stereocenters. The van der Waals surface area contributed by atoms with E-state index in [2.05, 4.69) is 5.32 Å². The lowest BCUT2D eigenvalue weighted by Crippen LogP contribution is -2.20. The summed E-state index contributed by atoms with van der Waals surface area (Å²) >= 11 is 6.06. The van der Waals surface area contributed by atoms with Gasteiger partial charge in [0.1, 0.15) is 0 Å². The fraction of sp³-hybridized carbons (Fsp3) is 0.115. The molecule has 0 aliphatic heterocycles. The molecule has 1 amide bonds. The van der Waals surface area contributed by atoms with Crippen LogP contribution in [-0.2, 0) is 4.79 Å². The van der Waals surface area contributed by atoms with Crippen LogP contribution in [0.1, 0.15) is 33.2 Å². The number of halogens is 1. The van der Waals surface area contributed by atoms with Crippen molar-refractivity contribution in [1.29, 1.82) is 0 Å². The number of Topliss-reactive ketones (excluding diaryl/α,β-unsaturated/α-hetero) is 2. The Hall–Kier alpha value is -3.90. The summed E-state index contributed by atoms with van der Waals surface area (Å²) < 4.78 is 11.3. The number of fused-ring (bicyclic) bond motifs is 1. The number of ether oxygens (including phenoxy) is 2. The summed E-state index contributed by atoms with van der Waals surface area (Å²) in [4.78, 5) is 37.5. The molecule has 0 aromatic heterocycles. The maximum absolute atomic E-state index is 12.6. The van der Waals surface area contributed by atoms with Gasteiger partial charge in [-0.3, -0.25) is 14.4 Å². The Bertz CT molecular complexity index is 1240. The molecule has 3 aromatic rings. The summed E-state index contributed by atoms with van der Waals surface area (Å²) in [6, 6.07) is 18.7. The lowest BCUT2D eigenvalue weighted by atomic mass is 10.1. The standard InChI is InChI=1S/C26H20ClNO5/c1-2-32-23-14-16(13-19-25(30)17-7-3-4-8-18(17)26(19)31)11-12-22(23)33-15-24(29)28-21-10-6-5-9-20(21)27/h3-14H,2,15H2,1H3,(H,28,29). The lowest BCUT2D eigenvalue weighted by molar-refractivity contribution is -0.118. The first-order valence-corrected chi connectivity index (χ1v) is 10.7. The van der Waals surface area contributed by atoms with E-state index in [1.165, 1.54) is 0 Å². The zero-order valence-electron chi connectivity index (χ0n) is 17.8. The molecule has 0 bridgehead atoms. The predicted molar refractivity (Wildman–Crippen MR) is 126 cm³/mol. The average molecular weight is 462 g/mol. The summed E-state index contributed by atoms with van der Waals surface area (Å²) in [5.41, 5.74) is 2.01. The van der Waals surface area contributed by atoms with Crippen LogP contribution in [0.2, 0.25) is 5.02 Å². The molecule has 0 radical (unpaired) electrons. The van der Waals surface area contributed by atoms with Crippen LogP contribution in [0, 0.1) is 0 Å². The molecule has 1 aliphatic carbocycles. The minimum atomic E-state index is -0.378. The number of carbonyl (C=O) groups is 3. The number of benzene rings is 3. The molecule has 0 atom stereocenters. The number of hydrogen-bond acceptors (Lipinski definition) is 5. The van der Waals surface area contributed by atoms with E-state index in [9.17, 15) is 14.4 Å². The van der Waals surface area contributed by atoms with Gasteiger partial charge in [0.25, 0.3) is 5.91 Å². The first-order chi connectivity index (χ1) is 16.0. The Balaban J connectivity index is 1.51. The molecule has 0 fully saturated rings. The maximum atomic E-state index is 12.6. The first-order valence-electron chi connectivity index (χ1n) is 10.3. The Morgan fingerprint density at radius 2 is 1.58 bits per heavy atom. The Labute approximate surface area is 195 Å². The van der Waals surface area contributed by atoms with Gasteiger partial charge in [-0.15, -0.1) is 0 Å². The monoisotopic (exact) mass is 461 g/mol. The van der Waals surface area contributed by atoms with Crippen LogP contribution in [0.4, 0.5) is 5.69 Å². The highest BCUT2D eigenvalue weighted by molar-refractivity contribution is 6.41. The molecule has 1 aliphatic rings. The third kappa shape index (κ3) is 4.81. The molecule has 0 saturated heterocycles. The summed E-state index contributed by atoms with van der Waals surface area (Å²) in [7, 11) is 0. The highest BCUT2D eigenvalue weighted by atomic mass is 35.5. The molecule has 3 aromatic carbocycles. The van der Waals surface area contributed by atoms with E-state index in [0.29, 0.717) is 45.5 Å². The third-order valence-electron chi connectivity index (χ3n) is 4.99. The second kappa shape index (κ2) is 9.71. The van der Waals surface area contributed by atoms with E-state index in [-0.39, 0.29) is 29.7 Å². The molecule has 1 N–H and O–H groups in total. The van der Waals surface area contributed by atoms with E-state index >= 15 is 0 Å². The van der Waals surface area contributed by atoms with Gasteiger partial charge in [0.05, 0.1) is 22.9 Å². The average Bonchev–Trinajstić information content (AvgIpc) is 3.05. The molecule has 0 heterocycles. The molecule has 0 spiro atoms. The van der Waals surface area contributed by atoms with Crippen molar-refractivity contribution < 1.29 is 23.9 Å². The van der Waals surface area contributed by atoms with E-state index in [1.807, 2.05) is 6.92 Å². The quantitative estimate of drug-likeness (QED) is 0.385. The van der Waals surface area contributed by atoms with Crippen LogP contribution in [0.25, 0.3) is 6.08 Å². The number of rotatable bonds is 7. The minimum Gasteiger partial charge on any atom is -0.490 e. The van der Waals surface area contributed by atoms with Crippen LogP contribution in [-0.4, -0.2) is 30.7 Å². The number of allylic oxidation sites excluding steroid dienone is 1. The van der Waals surface area contributed by atoms with Crippen LogP contribution >= 0.6 is 11.6 Å². The molecule has 4 rings (SSSR count). The fourth-order valence-electron chi connectivity index (χ4n) is 3.46. The van der Waals surface area contributed by atoms with Gasteiger partial charge in [-0.05, 0) is 42.8 Å². The number of anilines is 1. The smallest absolute Gasteiger partial charge is 0.262 e. The Kier molecular flexibility index (Phi) is 6.56. The number of ketones is 2. The van der Waals surface area contributed by atoms with Crippen LogP contribution in [0.3, 0.4) is 0 Å². The van der Waals surface area contributed by atoms with Gasteiger partial charge in [-0.25, -0.2) is 0 Å². The van der Waals surface area contributed by atoms with Crippen molar-refractivity contribution in [3.05, 3.63) is 94.0 Å². The van der Waals surface area contributed by atoms with E-state index < -0.39 is 0 Å². The van der Waals surface area contributed by atoms with Gasteiger partial charge < -0.3 is 14.8 Å². The number of carbonyl (C=O) groups excluding carboxylic acids is 3. The number of para-hydroxylation sites is 1. The molecular weight excluding hydrogens is 442 g/mol. The fourth-order valence-corrected chi connectivity index (χ4v) is 3.65. The molecule has 6 nitrogen and oxygen atoms in total. The molecule has 7 heteroatoms. The topological polar surface area (TPSA) is 81.7 Å². The highest BCUT2D eigenvalue weighted by Gasteiger charge is 2.32. The third-order valence-corrected chi connectivity index (χ3v) is 5.32. The maximum Gasteiger partial charge on any atom is 0.262 e.